The van der Waals surface area contributed by atoms with E-state index in [9.17, 15) is 9.59 Å². The maximum atomic E-state index is 12.4. The zero-order valence-corrected chi connectivity index (χ0v) is 13.9. The molecule has 24 heavy (non-hydrogen) atoms. The zero-order valence-electron chi connectivity index (χ0n) is 13.9. The highest BCUT2D eigenvalue weighted by Gasteiger charge is 2.22. The van der Waals surface area contributed by atoms with Gasteiger partial charge in [-0.3, -0.25) is 9.78 Å². The Morgan fingerprint density at radius 2 is 1.92 bits per heavy atom. The van der Waals surface area contributed by atoms with E-state index in [1.807, 2.05) is 30.3 Å². The minimum atomic E-state index is -0.874. The summed E-state index contributed by atoms with van der Waals surface area (Å²) >= 11 is 0. The van der Waals surface area contributed by atoms with Crippen LogP contribution in [0.25, 0.3) is 0 Å². The summed E-state index contributed by atoms with van der Waals surface area (Å²) in [5, 5.41) is 2.96. The van der Waals surface area contributed by atoms with E-state index in [-0.39, 0.29) is 11.9 Å². The molecule has 1 N–H and O–H groups in total. The van der Waals surface area contributed by atoms with Gasteiger partial charge in [-0.25, -0.2) is 4.79 Å². The summed E-state index contributed by atoms with van der Waals surface area (Å²) in [5.41, 5.74) is 1.36. The topological polar surface area (TPSA) is 68.3 Å². The van der Waals surface area contributed by atoms with Gasteiger partial charge in [0.25, 0.3) is 5.91 Å². The van der Waals surface area contributed by atoms with Crippen LogP contribution in [0.4, 0.5) is 0 Å². The Balaban J connectivity index is 1.97. The van der Waals surface area contributed by atoms with Crippen LogP contribution in [0.1, 0.15) is 48.7 Å². The zero-order chi connectivity index (χ0) is 17.4. The molecular weight excluding hydrogens is 304 g/mol. The number of carbonyl (C=O) groups excluding carboxylic acids is 2. The summed E-state index contributed by atoms with van der Waals surface area (Å²) in [6.45, 7) is 3.63. The molecular formula is C19H22N2O3. The lowest BCUT2D eigenvalue weighted by Gasteiger charge is -2.21. The lowest BCUT2D eigenvalue weighted by Crippen LogP contribution is -2.38. The van der Waals surface area contributed by atoms with Gasteiger partial charge in [0.05, 0.1) is 11.6 Å². The van der Waals surface area contributed by atoms with Crippen LogP contribution in [0.3, 0.4) is 0 Å². The Hall–Kier alpha value is -2.69. The first kappa shape index (κ1) is 17.7. The van der Waals surface area contributed by atoms with Gasteiger partial charge in [-0.1, -0.05) is 43.7 Å². The molecule has 2 aromatic rings. The van der Waals surface area contributed by atoms with Gasteiger partial charge in [-0.2, -0.15) is 0 Å². The summed E-state index contributed by atoms with van der Waals surface area (Å²) in [5.74, 6) is -0.868. The number of nitrogens with zero attached hydrogens (tertiary/aromatic N) is 1. The molecule has 0 saturated carbocycles. The number of ether oxygens (including phenoxy) is 1. The number of hydrogen-bond acceptors (Lipinski definition) is 4. The molecule has 1 heterocycles. The van der Waals surface area contributed by atoms with Gasteiger partial charge in [-0.05, 0) is 31.0 Å². The minimum absolute atomic E-state index is 0.0942. The molecule has 5 heteroatoms. The minimum Gasteiger partial charge on any atom is -0.449 e. The second kappa shape index (κ2) is 8.82. The van der Waals surface area contributed by atoms with E-state index in [0.29, 0.717) is 5.56 Å². The van der Waals surface area contributed by atoms with Gasteiger partial charge >= 0.3 is 5.97 Å². The van der Waals surface area contributed by atoms with Crippen molar-refractivity contribution in [2.24, 2.45) is 0 Å². The predicted octanol–water partition coefficient (Wildman–Crippen LogP) is 3.28. The quantitative estimate of drug-likeness (QED) is 0.793. The molecule has 0 aliphatic heterocycles. The normalized spacial score (nSPS) is 12.9. The van der Waals surface area contributed by atoms with Crippen LogP contribution < -0.4 is 5.32 Å². The summed E-state index contributed by atoms with van der Waals surface area (Å²) in [6, 6.07) is 12.9. The second-order valence-electron chi connectivity index (χ2n) is 5.55. The van der Waals surface area contributed by atoms with Crippen molar-refractivity contribution in [3.05, 3.63) is 66.0 Å². The third-order valence-corrected chi connectivity index (χ3v) is 3.65. The maximum absolute atomic E-state index is 12.4. The fourth-order valence-electron chi connectivity index (χ4n) is 2.35. The van der Waals surface area contributed by atoms with Crippen molar-refractivity contribution in [3.8, 4) is 0 Å². The summed E-state index contributed by atoms with van der Waals surface area (Å²) < 4.78 is 5.22. The number of amides is 1. The molecule has 1 amide bonds. The fraction of sp³-hybridized carbons (Fsp3) is 0.316. The van der Waals surface area contributed by atoms with Crippen molar-refractivity contribution < 1.29 is 14.3 Å². The van der Waals surface area contributed by atoms with Crippen LogP contribution in [0.2, 0.25) is 0 Å². The van der Waals surface area contributed by atoms with Crippen LogP contribution in [-0.2, 0) is 9.53 Å². The van der Waals surface area contributed by atoms with Crippen LogP contribution >= 0.6 is 0 Å². The number of hydrogen-bond donors (Lipinski definition) is 1. The second-order valence-corrected chi connectivity index (χ2v) is 5.55. The molecule has 2 rings (SSSR count). The first-order chi connectivity index (χ1) is 11.6. The monoisotopic (exact) mass is 326 g/mol. The number of benzene rings is 1. The molecule has 126 valence electrons. The number of carbonyl (C=O) groups is 2. The van der Waals surface area contributed by atoms with Crippen molar-refractivity contribution in [3.63, 3.8) is 0 Å². The van der Waals surface area contributed by atoms with Gasteiger partial charge in [0.15, 0.2) is 6.10 Å². The first-order valence-corrected chi connectivity index (χ1v) is 8.08. The van der Waals surface area contributed by atoms with Gasteiger partial charge < -0.3 is 10.1 Å². The molecule has 1 aromatic heterocycles. The van der Waals surface area contributed by atoms with E-state index in [4.69, 9.17) is 4.74 Å². The molecule has 0 spiro atoms. The average molecular weight is 326 g/mol. The van der Waals surface area contributed by atoms with E-state index in [1.165, 1.54) is 6.20 Å². The Morgan fingerprint density at radius 3 is 2.54 bits per heavy atom. The van der Waals surface area contributed by atoms with Crippen molar-refractivity contribution in [2.75, 3.05) is 0 Å². The maximum Gasteiger partial charge on any atom is 0.340 e. The van der Waals surface area contributed by atoms with Crippen molar-refractivity contribution in [2.45, 2.75) is 38.8 Å². The van der Waals surface area contributed by atoms with Crippen molar-refractivity contribution in [1.82, 2.24) is 10.3 Å². The van der Waals surface area contributed by atoms with Gasteiger partial charge in [-0.15, -0.1) is 0 Å². The largest absolute Gasteiger partial charge is 0.449 e. The Labute approximate surface area is 142 Å². The fourth-order valence-corrected chi connectivity index (χ4v) is 2.35. The number of esters is 1. The molecule has 0 unspecified atom stereocenters. The summed E-state index contributed by atoms with van der Waals surface area (Å²) in [4.78, 5) is 28.2. The van der Waals surface area contributed by atoms with E-state index < -0.39 is 12.1 Å². The smallest absolute Gasteiger partial charge is 0.340 e. The molecule has 0 bridgehead atoms. The van der Waals surface area contributed by atoms with E-state index in [1.54, 1.807) is 25.3 Å². The molecule has 0 fully saturated rings. The van der Waals surface area contributed by atoms with Crippen LogP contribution in [0, 0.1) is 0 Å². The molecule has 0 aliphatic rings. The van der Waals surface area contributed by atoms with Crippen LogP contribution in [0.15, 0.2) is 54.9 Å². The van der Waals surface area contributed by atoms with Crippen molar-refractivity contribution in [1.29, 1.82) is 0 Å². The lowest BCUT2D eigenvalue weighted by molar-refractivity contribution is -0.129. The third kappa shape index (κ3) is 4.91. The molecule has 1 aromatic carbocycles. The van der Waals surface area contributed by atoms with E-state index >= 15 is 0 Å². The number of rotatable bonds is 7. The molecule has 0 radical (unpaired) electrons. The van der Waals surface area contributed by atoms with Gasteiger partial charge in [0.1, 0.15) is 0 Å². The van der Waals surface area contributed by atoms with E-state index in [0.717, 1.165) is 18.4 Å². The number of pyridine rings is 1. The Morgan fingerprint density at radius 1 is 1.17 bits per heavy atom. The summed E-state index contributed by atoms with van der Waals surface area (Å²) in [7, 11) is 0. The highest BCUT2D eigenvalue weighted by molar-refractivity contribution is 5.91. The van der Waals surface area contributed by atoms with Gasteiger partial charge in [0, 0.05) is 12.4 Å². The van der Waals surface area contributed by atoms with Crippen molar-refractivity contribution >= 4 is 11.9 Å². The Kier molecular flexibility index (Phi) is 6.49. The predicted molar refractivity (Wildman–Crippen MR) is 91.3 cm³/mol. The molecule has 5 nitrogen and oxygen atoms in total. The van der Waals surface area contributed by atoms with Crippen LogP contribution in [0.5, 0.6) is 0 Å². The SMILES string of the molecule is CCC[C@H](NC(=O)[C@@H](C)OC(=O)c1cccnc1)c1ccccc1. The average Bonchev–Trinajstić information content (AvgIpc) is 2.62. The molecule has 0 saturated heterocycles. The standard InChI is InChI=1S/C19H22N2O3/c1-3-8-17(15-9-5-4-6-10-15)21-18(22)14(2)24-19(23)16-11-7-12-20-13-16/h4-7,9-14,17H,3,8H2,1-2H3,(H,21,22)/t14-,17+/m1/s1. The number of aromatic nitrogens is 1. The molecule has 2 atom stereocenters. The highest BCUT2D eigenvalue weighted by atomic mass is 16.5. The van der Waals surface area contributed by atoms with Crippen LogP contribution in [-0.4, -0.2) is 23.0 Å². The van der Waals surface area contributed by atoms with E-state index in [2.05, 4.69) is 17.2 Å². The number of nitrogens with one attached hydrogen (secondary N) is 1. The lowest BCUT2D eigenvalue weighted by atomic mass is 10.0. The third-order valence-electron chi connectivity index (χ3n) is 3.65. The summed E-state index contributed by atoms with van der Waals surface area (Å²) in [6.07, 6.45) is 3.86. The Bertz CT molecular complexity index is 659. The molecule has 0 aliphatic carbocycles. The highest BCUT2D eigenvalue weighted by Crippen LogP contribution is 2.18. The first-order valence-electron chi connectivity index (χ1n) is 8.08. The van der Waals surface area contributed by atoms with Gasteiger partial charge in [0.2, 0.25) is 0 Å².